The minimum Gasteiger partial charge on any atom is -0.396 e. The summed E-state index contributed by atoms with van der Waals surface area (Å²) in [6, 6.07) is 9.82. The molecule has 0 radical (unpaired) electrons. The van der Waals surface area contributed by atoms with Crippen molar-refractivity contribution in [2.45, 2.75) is 19.3 Å². The molecule has 0 aliphatic rings. The van der Waals surface area contributed by atoms with Gasteiger partial charge in [-0.3, -0.25) is 0 Å². The predicted molar refractivity (Wildman–Crippen MR) is 59.0 cm³/mol. The average molecular weight is 199 g/mol. The van der Waals surface area contributed by atoms with Crippen molar-refractivity contribution in [1.82, 2.24) is 0 Å². The van der Waals surface area contributed by atoms with Gasteiger partial charge in [-0.1, -0.05) is 30.0 Å². The number of nitrogens with zero attached hydrogens (tertiary/aromatic N) is 1. The van der Waals surface area contributed by atoms with Crippen molar-refractivity contribution in [3.63, 3.8) is 0 Å². The molecular formula is C13H13NO. The zero-order chi connectivity index (χ0) is 10.9. The molecule has 1 aromatic carbocycles. The Morgan fingerprint density at radius 3 is 2.80 bits per heavy atom. The summed E-state index contributed by atoms with van der Waals surface area (Å²) in [4.78, 5) is 0. The van der Waals surface area contributed by atoms with Gasteiger partial charge in [-0.2, -0.15) is 5.26 Å². The summed E-state index contributed by atoms with van der Waals surface area (Å²) < 4.78 is 0. The Balaban J connectivity index is 2.79. The summed E-state index contributed by atoms with van der Waals surface area (Å²) in [5.41, 5.74) is 2.10. The fourth-order valence-electron chi connectivity index (χ4n) is 1.31. The van der Waals surface area contributed by atoms with Gasteiger partial charge in [0.2, 0.25) is 0 Å². The van der Waals surface area contributed by atoms with Crippen LogP contribution in [0.5, 0.6) is 0 Å². The van der Waals surface area contributed by atoms with Crippen LogP contribution in [0.25, 0.3) is 0 Å². The van der Waals surface area contributed by atoms with E-state index in [1.807, 2.05) is 30.3 Å². The molecule has 0 atom stereocenters. The Kier molecular flexibility index (Phi) is 5.01. The second kappa shape index (κ2) is 6.65. The average Bonchev–Trinajstić information content (AvgIpc) is 2.28. The highest BCUT2D eigenvalue weighted by atomic mass is 16.2. The lowest BCUT2D eigenvalue weighted by Gasteiger charge is -2.02. The smallest absolute Gasteiger partial charge is 0.0966 e. The zero-order valence-corrected chi connectivity index (χ0v) is 8.53. The quantitative estimate of drug-likeness (QED) is 0.755. The molecule has 1 aromatic rings. The number of aryl methyl sites for hydroxylation is 1. The van der Waals surface area contributed by atoms with E-state index >= 15 is 0 Å². The Hall–Kier alpha value is -1.77. The van der Waals surface area contributed by atoms with Gasteiger partial charge in [0.05, 0.1) is 12.5 Å². The van der Waals surface area contributed by atoms with Gasteiger partial charge in [-0.05, 0) is 24.5 Å². The maximum absolute atomic E-state index is 8.75. The van der Waals surface area contributed by atoms with Gasteiger partial charge >= 0.3 is 0 Å². The van der Waals surface area contributed by atoms with E-state index in [1.54, 1.807) is 0 Å². The molecule has 0 aromatic heterocycles. The Morgan fingerprint density at radius 2 is 2.07 bits per heavy atom. The normalized spacial score (nSPS) is 8.80. The van der Waals surface area contributed by atoms with Crippen molar-refractivity contribution >= 4 is 0 Å². The summed E-state index contributed by atoms with van der Waals surface area (Å²) >= 11 is 0. The molecule has 0 fully saturated rings. The molecule has 0 saturated heterocycles. The van der Waals surface area contributed by atoms with E-state index < -0.39 is 0 Å². The van der Waals surface area contributed by atoms with Gasteiger partial charge < -0.3 is 5.11 Å². The van der Waals surface area contributed by atoms with Crippen LogP contribution in [0.15, 0.2) is 24.3 Å². The maximum Gasteiger partial charge on any atom is 0.0966 e. The van der Waals surface area contributed by atoms with Crippen molar-refractivity contribution in [1.29, 1.82) is 5.26 Å². The second-order valence-corrected chi connectivity index (χ2v) is 3.12. The number of aliphatic hydroxyl groups excluding tert-OH is 1. The molecule has 1 N–H and O–H groups in total. The van der Waals surface area contributed by atoms with Crippen LogP contribution in [0.2, 0.25) is 0 Å². The van der Waals surface area contributed by atoms with E-state index in [1.165, 1.54) is 0 Å². The van der Waals surface area contributed by atoms with Crippen LogP contribution < -0.4 is 0 Å². The largest absolute Gasteiger partial charge is 0.396 e. The molecule has 76 valence electrons. The van der Waals surface area contributed by atoms with Gasteiger partial charge in [0.25, 0.3) is 0 Å². The molecule has 0 unspecified atom stereocenters. The van der Waals surface area contributed by atoms with Crippen LogP contribution in [0.1, 0.15) is 24.0 Å². The van der Waals surface area contributed by atoms with Crippen LogP contribution in [0.3, 0.4) is 0 Å². The first-order valence-electron chi connectivity index (χ1n) is 4.93. The minimum atomic E-state index is 0.194. The highest BCUT2D eigenvalue weighted by Gasteiger charge is 1.97. The summed E-state index contributed by atoms with van der Waals surface area (Å²) in [5.74, 6) is 5.76. The summed E-state index contributed by atoms with van der Waals surface area (Å²) in [6.07, 6.45) is 1.83. The Bertz CT molecular complexity index is 407. The van der Waals surface area contributed by atoms with E-state index in [-0.39, 0.29) is 13.0 Å². The molecule has 0 amide bonds. The molecule has 0 aliphatic heterocycles. The Labute approximate surface area is 90.2 Å². The lowest BCUT2D eigenvalue weighted by Crippen LogP contribution is -1.92. The molecule has 1 rings (SSSR count). The SMILES string of the molecule is N#CCC#Cc1ccccc1CCCO. The maximum atomic E-state index is 8.75. The van der Waals surface area contributed by atoms with Crippen molar-refractivity contribution in [3.8, 4) is 17.9 Å². The van der Waals surface area contributed by atoms with Gasteiger partial charge in [0.1, 0.15) is 0 Å². The van der Waals surface area contributed by atoms with E-state index in [0.29, 0.717) is 0 Å². The third kappa shape index (κ3) is 3.85. The van der Waals surface area contributed by atoms with Crippen molar-refractivity contribution in [2.75, 3.05) is 6.61 Å². The standard InChI is InChI=1S/C13H13NO/c14-10-4-3-8-12-6-1-2-7-13(12)9-5-11-15/h1-2,6-7,15H,4-5,9,11H2. The van der Waals surface area contributed by atoms with Crippen LogP contribution in [-0.2, 0) is 6.42 Å². The third-order valence-corrected chi connectivity index (χ3v) is 2.01. The molecule has 0 aliphatic carbocycles. The first-order chi connectivity index (χ1) is 7.38. The zero-order valence-electron chi connectivity index (χ0n) is 8.53. The predicted octanol–water partition coefficient (Wildman–Crippen LogP) is 1.88. The van der Waals surface area contributed by atoms with Crippen molar-refractivity contribution in [3.05, 3.63) is 35.4 Å². The molecule has 0 bridgehead atoms. The van der Waals surface area contributed by atoms with Crippen molar-refractivity contribution < 1.29 is 5.11 Å². The summed E-state index contributed by atoms with van der Waals surface area (Å²) in [6.45, 7) is 0.194. The highest BCUT2D eigenvalue weighted by Crippen LogP contribution is 2.09. The van der Waals surface area contributed by atoms with Crippen LogP contribution in [-0.4, -0.2) is 11.7 Å². The first kappa shape index (κ1) is 11.3. The second-order valence-electron chi connectivity index (χ2n) is 3.12. The third-order valence-electron chi connectivity index (χ3n) is 2.01. The number of hydrogen-bond acceptors (Lipinski definition) is 2. The number of rotatable bonds is 3. The number of aliphatic hydroxyl groups is 1. The lowest BCUT2D eigenvalue weighted by atomic mass is 10.0. The molecule has 0 saturated carbocycles. The highest BCUT2D eigenvalue weighted by molar-refractivity contribution is 5.41. The molecule has 2 heteroatoms. The van der Waals surface area contributed by atoms with Gasteiger partial charge in [-0.25, -0.2) is 0 Å². The lowest BCUT2D eigenvalue weighted by molar-refractivity contribution is 0.288. The fraction of sp³-hybridized carbons (Fsp3) is 0.308. The summed E-state index contributed by atoms with van der Waals surface area (Å²) in [5, 5.41) is 17.1. The van der Waals surface area contributed by atoms with E-state index in [4.69, 9.17) is 10.4 Å². The van der Waals surface area contributed by atoms with Gasteiger partial charge in [0.15, 0.2) is 0 Å². The van der Waals surface area contributed by atoms with Crippen LogP contribution >= 0.6 is 0 Å². The Morgan fingerprint density at radius 1 is 1.27 bits per heavy atom. The van der Waals surface area contributed by atoms with E-state index in [9.17, 15) is 0 Å². The molecule has 0 heterocycles. The number of hydrogen-bond donors (Lipinski definition) is 1. The molecule has 0 spiro atoms. The number of benzene rings is 1. The first-order valence-corrected chi connectivity index (χ1v) is 4.93. The molecule has 15 heavy (non-hydrogen) atoms. The number of nitriles is 1. The van der Waals surface area contributed by atoms with Gasteiger partial charge in [0, 0.05) is 12.2 Å². The van der Waals surface area contributed by atoms with Crippen molar-refractivity contribution in [2.24, 2.45) is 0 Å². The fourth-order valence-corrected chi connectivity index (χ4v) is 1.31. The van der Waals surface area contributed by atoms with E-state index in [2.05, 4.69) is 11.8 Å². The topological polar surface area (TPSA) is 44.0 Å². The van der Waals surface area contributed by atoms with Crippen LogP contribution in [0, 0.1) is 23.2 Å². The monoisotopic (exact) mass is 199 g/mol. The van der Waals surface area contributed by atoms with Crippen LogP contribution in [0.4, 0.5) is 0 Å². The summed E-state index contributed by atoms with van der Waals surface area (Å²) in [7, 11) is 0. The van der Waals surface area contributed by atoms with E-state index in [0.717, 1.165) is 24.0 Å². The molecular weight excluding hydrogens is 186 g/mol. The minimum absolute atomic E-state index is 0.194. The molecule has 2 nitrogen and oxygen atoms in total. The van der Waals surface area contributed by atoms with Gasteiger partial charge in [-0.15, -0.1) is 0 Å².